The second-order valence-electron chi connectivity index (χ2n) is 1.28. The van der Waals surface area contributed by atoms with E-state index in [9.17, 15) is 0 Å². The van der Waals surface area contributed by atoms with Gasteiger partial charge in [-0.2, -0.15) is 0 Å². The van der Waals surface area contributed by atoms with Crippen LogP contribution in [0.3, 0.4) is 0 Å². The van der Waals surface area contributed by atoms with E-state index in [1.54, 1.807) is 7.11 Å². The van der Waals surface area contributed by atoms with Crippen LogP contribution in [0.4, 0.5) is 0 Å². The Morgan fingerprint density at radius 1 is 1.25 bits per heavy atom. The molecule has 0 rings (SSSR count). The lowest BCUT2D eigenvalue weighted by atomic mass is 11.8. The van der Waals surface area contributed by atoms with Crippen LogP contribution in [-0.4, -0.2) is 16.2 Å². The van der Waals surface area contributed by atoms with E-state index in [1.807, 2.05) is 0 Å². The molecular weight excluding hydrogens is 346 g/mol. The molecule has 0 aromatic heterocycles. The molecule has 0 saturated heterocycles. The fourth-order valence-electron chi connectivity index (χ4n) is 0. The van der Waals surface area contributed by atoms with Crippen molar-refractivity contribution in [3.63, 3.8) is 0 Å². The van der Waals surface area contributed by atoms with Crippen molar-refractivity contribution < 1.29 is 4.43 Å². The lowest BCUT2D eigenvalue weighted by Gasteiger charge is -1.92. The Bertz CT molecular complexity index is 28.0. The summed E-state index contributed by atoms with van der Waals surface area (Å²) in [5.74, 6) is 0. The van der Waals surface area contributed by atoms with Gasteiger partial charge in [0.15, 0.2) is 9.04 Å². The molecule has 0 heterocycles. The Labute approximate surface area is 77.6 Å². The Hall–Kier alpha value is 1.64. The van der Waals surface area contributed by atoms with Crippen LogP contribution >= 0.6 is 37.2 Å². The molecule has 0 aliphatic rings. The van der Waals surface area contributed by atoms with Crippen molar-refractivity contribution in [3.8, 4) is 0 Å². The molecule has 0 radical (unpaired) electrons. The van der Waals surface area contributed by atoms with E-state index in [4.69, 9.17) is 4.43 Å². The van der Waals surface area contributed by atoms with E-state index in [0.717, 1.165) is 0 Å². The molecule has 8 heavy (non-hydrogen) atoms. The van der Waals surface area contributed by atoms with Gasteiger partial charge in [0, 0.05) is 44.3 Å². The molecule has 0 aromatic rings. The first-order valence-electron chi connectivity index (χ1n) is 1.94. The van der Waals surface area contributed by atoms with Gasteiger partial charge in [0.25, 0.3) is 0 Å². The molecular formula is C4H14I2OSi. The zero-order valence-corrected chi connectivity index (χ0v) is 10.2. The van der Waals surface area contributed by atoms with E-state index >= 15 is 0 Å². The topological polar surface area (TPSA) is 9.23 Å². The molecule has 4 heteroatoms. The zero-order valence-electron chi connectivity index (χ0n) is 4.74. The van der Waals surface area contributed by atoms with E-state index in [1.165, 1.54) is 0 Å². The van der Waals surface area contributed by atoms with Gasteiger partial charge < -0.3 is 4.43 Å². The summed E-state index contributed by atoms with van der Waals surface area (Å²) in [6, 6.07) is 0. The quantitative estimate of drug-likeness (QED) is 0.516. The number of rotatable bonds is 1. The van der Waals surface area contributed by atoms with Crippen LogP contribution in [0.15, 0.2) is 0 Å². The molecule has 1 nitrogen and oxygen atoms in total. The number of hydrogen-bond donors (Lipinski definition) is 0. The van der Waals surface area contributed by atoms with Crippen molar-refractivity contribution in [1.82, 2.24) is 0 Å². The fraction of sp³-hybridized carbons (Fsp3) is 1.00. The van der Waals surface area contributed by atoms with E-state index in [0.29, 0.717) is 0 Å². The Kier molecular flexibility index (Phi) is 32.3. The van der Waals surface area contributed by atoms with Gasteiger partial charge in [0.1, 0.15) is 0 Å². The number of hydrogen-bond acceptors (Lipinski definition) is 1. The standard InChI is InChI=1S/C3H10OSi.CH4.I2/c1-4-5(2)3;;1-2/h5H,1-3H3;1H4;. The highest BCUT2D eigenvalue weighted by molar-refractivity contribution is 15.0. The summed E-state index contributed by atoms with van der Waals surface area (Å²) < 4.78 is 4.89. The molecule has 0 atom stereocenters. The minimum Gasteiger partial charge on any atom is -0.424 e. The van der Waals surface area contributed by atoms with Crippen LogP contribution in [0.1, 0.15) is 7.43 Å². The molecule has 0 amide bonds. The summed E-state index contributed by atoms with van der Waals surface area (Å²) in [5, 5.41) is 0. The second-order valence-corrected chi connectivity index (χ2v) is 3.85. The lowest BCUT2D eigenvalue weighted by Crippen LogP contribution is -2.00. The first kappa shape index (κ1) is 16.3. The maximum Gasteiger partial charge on any atom is 0.170 e. The van der Waals surface area contributed by atoms with E-state index < -0.39 is 9.04 Å². The first-order chi connectivity index (χ1) is 3.27. The van der Waals surface area contributed by atoms with Gasteiger partial charge in [0.2, 0.25) is 0 Å². The average Bonchev–Trinajstić information content (AvgIpc) is 1.73. The lowest BCUT2D eigenvalue weighted by molar-refractivity contribution is 0.430. The van der Waals surface area contributed by atoms with Crippen LogP contribution in [0.2, 0.25) is 13.1 Å². The first-order valence-corrected chi connectivity index (χ1v) is 11.0. The van der Waals surface area contributed by atoms with E-state index in [-0.39, 0.29) is 7.43 Å². The SMILES string of the molecule is C.CO[SiH](C)C.II. The maximum atomic E-state index is 4.89. The van der Waals surface area contributed by atoms with Crippen LogP contribution < -0.4 is 0 Å². The van der Waals surface area contributed by atoms with E-state index in [2.05, 4.69) is 50.3 Å². The summed E-state index contributed by atoms with van der Waals surface area (Å²) in [5.41, 5.74) is 0. The molecule has 0 spiro atoms. The van der Waals surface area contributed by atoms with Gasteiger partial charge in [-0.25, -0.2) is 0 Å². The molecule has 0 N–H and O–H groups in total. The predicted octanol–water partition coefficient (Wildman–Crippen LogP) is 3.02. The van der Waals surface area contributed by atoms with Gasteiger partial charge in [0.05, 0.1) is 0 Å². The van der Waals surface area contributed by atoms with Gasteiger partial charge in [-0.05, 0) is 13.1 Å². The fourth-order valence-corrected chi connectivity index (χ4v) is 0. The largest absolute Gasteiger partial charge is 0.424 e. The molecule has 0 aromatic carbocycles. The summed E-state index contributed by atoms with van der Waals surface area (Å²) >= 11 is 4.24. The highest BCUT2D eigenvalue weighted by Gasteiger charge is 1.83. The van der Waals surface area contributed by atoms with Crippen molar-refractivity contribution in [2.75, 3.05) is 7.11 Å². The average molecular weight is 360 g/mol. The molecule has 0 bridgehead atoms. The van der Waals surface area contributed by atoms with Crippen molar-refractivity contribution in [2.24, 2.45) is 0 Å². The highest BCUT2D eigenvalue weighted by atomic mass is 128. The zero-order chi connectivity index (χ0) is 6.28. The highest BCUT2D eigenvalue weighted by Crippen LogP contribution is 1.89. The van der Waals surface area contributed by atoms with Gasteiger partial charge in [-0.1, -0.05) is 7.43 Å². The summed E-state index contributed by atoms with van der Waals surface area (Å²) in [4.78, 5) is 0. The molecule has 0 aliphatic carbocycles. The molecule has 0 unspecified atom stereocenters. The molecule has 0 saturated carbocycles. The van der Waals surface area contributed by atoms with Crippen molar-refractivity contribution in [3.05, 3.63) is 0 Å². The van der Waals surface area contributed by atoms with Gasteiger partial charge in [-0.3, -0.25) is 0 Å². The maximum absolute atomic E-state index is 4.89. The summed E-state index contributed by atoms with van der Waals surface area (Å²) in [6.07, 6.45) is 0. The molecule has 0 fully saturated rings. The smallest absolute Gasteiger partial charge is 0.170 e. The normalized spacial score (nSPS) is 6.75. The predicted molar refractivity (Wildman–Crippen MR) is 60.7 cm³/mol. The number of halogens is 2. The van der Waals surface area contributed by atoms with Crippen LogP contribution in [0, 0.1) is 0 Å². The third-order valence-corrected chi connectivity index (χ3v) is 1.41. The minimum atomic E-state index is -0.650. The summed E-state index contributed by atoms with van der Waals surface area (Å²) in [7, 11) is 1.11. The van der Waals surface area contributed by atoms with Gasteiger partial charge in [-0.15, -0.1) is 0 Å². The van der Waals surface area contributed by atoms with Crippen molar-refractivity contribution >= 4 is 46.3 Å². The van der Waals surface area contributed by atoms with Crippen molar-refractivity contribution in [2.45, 2.75) is 20.5 Å². The Balaban J connectivity index is -0.0000000750. The third kappa shape index (κ3) is 25.4. The summed E-state index contributed by atoms with van der Waals surface area (Å²) in [6.45, 7) is 4.28. The third-order valence-electron chi connectivity index (χ3n) is 0.471. The monoisotopic (exact) mass is 360 g/mol. The molecule has 0 aliphatic heterocycles. The Morgan fingerprint density at radius 3 is 1.38 bits per heavy atom. The molecule has 54 valence electrons. The van der Waals surface area contributed by atoms with Crippen LogP contribution in [0.5, 0.6) is 0 Å². The van der Waals surface area contributed by atoms with Crippen LogP contribution in [0.25, 0.3) is 0 Å². The Morgan fingerprint density at radius 2 is 1.38 bits per heavy atom. The minimum absolute atomic E-state index is 0. The van der Waals surface area contributed by atoms with Gasteiger partial charge >= 0.3 is 0 Å². The second kappa shape index (κ2) is 15.9. The van der Waals surface area contributed by atoms with Crippen LogP contribution in [-0.2, 0) is 4.43 Å². The van der Waals surface area contributed by atoms with Crippen molar-refractivity contribution in [1.29, 1.82) is 0 Å².